The van der Waals surface area contributed by atoms with Gasteiger partial charge in [0.1, 0.15) is 5.01 Å². The van der Waals surface area contributed by atoms with Crippen LogP contribution in [0.4, 0.5) is 0 Å². The normalized spacial score (nSPS) is 16.0. The van der Waals surface area contributed by atoms with Crippen LogP contribution in [0.25, 0.3) is 0 Å². The predicted octanol–water partition coefficient (Wildman–Crippen LogP) is 3.06. The molecular formula is C16H18ClN3OS. The molecule has 2 heterocycles. The van der Waals surface area contributed by atoms with Crippen LogP contribution in [0.5, 0.6) is 0 Å². The van der Waals surface area contributed by atoms with Gasteiger partial charge in [-0.2, -0.15) is 0 Å². The standard InChI is InChI=1S/C16H18ClN3OS/c1-12-11-22-15(18-12)10-19-6-8-20(9-7-19)16(21)13-4-2-3-5-14(13)17/h2-5,11H,6-10H2,1H3. The number of hydrogen-bond acceptors (Lipinski definition) is 4. The van der Waals surface area contributed by atoms with Gasteiger partial charge >= 0.3 is 0 Å². The van der Waals surface area contributed by atoms with Crippen LogP contribution >= 0.6 is 22.9 Å². The maximum atomic E-state index is 12.5. The first-order chi connectivity index (χ1) is 10.6. The molecule has 1 aromatic carbocycles. The van der Waals surface area contributed by atoms with Crippen molar-refractivity contribution in [2.24, 2.45) is 0 Å². The molecule has 0 N–H and O–H groups in total. The van der Waals surface area contributed by atoms with E-state index in [1.807, 2.05) is 24.0 Å². The molecule has 1 aliphatic heterocycles. The smallest absolute Gasteiger partial charge is 0.255 e. The lowest BCUT2D eigenvalue weighted by Crippen LogP contribution is -2.48. The third kappa shape index (κ3) is 3.48. The number of benzene rings is 1. The second kappa shape index (κ2) is 6.77. The molecule has 0 atom stereocenters. The average Bonchev–Trinajstić information content (AvgIpc) is 2.93. The van der Waals surface area contributed by atoms with Crippen molar-refractivity contribution in [3.8, 4) is 0 Å². The van der Waals surface area contributed by atoms with E-state index in [-0.39, 0.29) is 5.91 Å². The number of amides is 1. The Kier molecular flexibility index (Phi) is 4.76. The molecule has 1 aliphatic rings. The number of aryl methyl sites for hydroxylation is 1. The number of carbonyl (C=O) groups excluding carboxylic acids is 1. The van der Waals surface area contributed by atoms with Gasteiger partial charge in [-0.15, -0.1) is 11.3 Å². The van der Waals surface area contributed by atoms with Crippen molar-refractivity contribution >= 4 is 28.8 Å². The van der Waals surface area contributed by atoms with E-state index in [4.69, 9.17) is 11.6 Å². The summed E-state index contributed by atoms with van der Waals surface area (Å²) >= 11 is 7.81. The van der Waals surface area contributed by atoms with Gasteiger partial charge in [0.15, 0.2) is 0 Å². The van der Waals surface area contributed by atoms with Crippen LogP contribution in [0.2, 0.25) is 5.02 Å². The van der Waals surface area contributed by atoms with Crippen LogP contribution in [0.3, 0.4) is 0 Å². The van der Waals surface area contributed by atoms with Gasteiger partial charge in [0, 0.05) is 37.3 Å². The first-order valence-electron chi connectivity index (χ1n) is 7.30. The van der Waals surface area contributed by atoms with E-state index in [2.05, 4.69) is 15.3 Å². The first kappa shape index (κ1) is 15.5. The minimum absolute atomic E-state index is 0.0235. The second-order valence-corrected chi connectivity index (χ2v) is 6.78. The number of piperazine rings is 1. The summed E-state index contributed by atoms with van der Waals surface area (Å²) in [7, 11) is 0. The Hall–Kier alpha value is -1.43. The van der Waals surface area contributed by atoms with Gasteiger partial charge < -0.3 is 4.90 Å². The third-order valence-electron chi connectivity index (χ3n) is 3.79. The highest BCUT2D eigenvalue weighted by Crippen LogP contribution is 2.19. The predicted molar refractivity (Wildman–Crippen MR) is 89.5 cm³/mol. The summed E-state index contributed by atoms with van der Waals surface area (Å²) in [5, 5.41) is 3.74. The zero-order chi connectivity index (χ0) is 15.5. The summed E-state index contributed by atoms with van der Waals surface area (Å²) in [4.78, 5) is 21.2. The van der Waals surface area contributed by atoms with Gasteiger partial charge in [-0.25, -0.2) is 4.98 Å². The van der Waals surface area contributed by atoms with E-state index in [1.165, 1.54) is 0 Å². The Morgan fingerprint density at radius 3 is 2.64 bits per heavy atom. The third-order valence-corrected chi connectivity index (χ3v) is 5.07. The van der Waals surface area contributed by atoms with Crippen LogP contribution in [-0.2, 0) is 6.54 Å². The van der Waals surface area contributed by atoms with Crippen molar-refractivity contribution in [2.75, 3.05) is 26.2 Å². The molecule has 0 aliphatic carbocycles. The maximum absolute atomic E-state index is 12.5. The van der Waals surface area contributed by atoms with Crippen molar-refractivity contribution in [1.29, 1.82) is 0 Å². The van der Waals surface area contributed by atoms with Crippen molar-refractivity contribution < 1.29 is 4.79 Å². The fourth-order valence-electron chi connectivity index (χ4n) is 2.58. The van der Waals surface area contributed by atoms with E-state index in [9.17, 15) is 4.79 Å². The Labute approximate surface area is 139 Å². The summed E-state index contributed by atoms with van der Waals surface area (Å²) in [6.45, 7) is 6.08. The average molecular weight is 336 g/mol. The summed E-state index contributed by atoms with van der Waals surface area (Å²) in [5.41, 5.74) is 1.67. The van der Waals surface area contributed by atoms with Gasteiger partial charge in [0.05, 0.1) is 17.1 Å². The van der Waals surface area contributed by atoms with E-state index in [0.29, 0.717) is 10.6 Å². The molecule has 0 spiro atoms. The summed E-state index contributed by atoms with van der Waals surface area (Å²) in [5.74, 6) is 0.0235. The monoisotopic (exact) mass is 335 g/mol. The summed E-state index contributed by atoms with van der Waals surface area (Å²) < 4.78 is 0. The van der Waals surface area contributed by atoms with Gasteiger partial charge in [-0.3, -0.25) is 9.69 Å². The zero-order valence-electron chi connectivity index (χ0n) is 12.5. The van der Waals surface area contributed by atoms with Crippen LogP contribution in [0.1, 0.15) is 21.1 Å². The van der Waals surface area contributed by atoms with Crippen LogP contribution in [0.15, 0.2) is 29.6 Å². The number of nitrogens with zero attached hydrogens (tertiary/aromatic N) is 3. The molecule has 0 radical (unpaired) electrons. The lowest BCUT2D eigenvalue weighted by atomic mass is 10.2. The maximum Gasteiger partial charge on any atom is 0.255 e. The minimum Gasteiger partial charge on any atom is -0.336 e. The Morgan fingerprint density at radius 1 is 1.27 bits per heavy atom. The number of hydrogen-bond donors (Lipinski definition) is 0. The first-order valence-corrected chi connectivity index (χ1v) is 8.56. The molecule has 1 fully saturated rings. The van der Waals surface area contributed by atoms with E-state index in [0.717, 1.165) is 43.4 Å². The lowest BCUT2D eigenvalue weighted by molar-refractivity contribution is 0.0628. The molecule has 116 valence electrons. The SMILES string of the molecule is Cc1csc(CN2CCN(C(=O)c3ccccc3Cl)CC2)n1. The molecule has 22 heavy (non-hydrogen) atoms. The quantitative estimate of drug-likeness (QED) is 0.865. The number of carbonyl (C=O) groups is 1. The van der Waals surface area contributed by atoms with Crippen LogP contribution in [0, 0.1) is 6.92 Å². The highest BCUT2D eigenvalue weighted by molar-refractivity contribution is 7.09. The molecule has 1 amide bonds. The highest BCUT2D eigenvalue weighted by Gasteiger charge is 2.23. The lowest BCUT2D eigenvalue weighted by Gasteiger charge is -2.34. The number of thiazole rings is 1. The minimum atomic E-state index is 0.0235. The van der Waals surface area contributed by atoms with Crippen LogP contribution < -0.4 is 0 Å². The van der Waals surface area contributed by atoms with E-state index < -0.39 is 0 Å². The second-order valence-electron chi connectivity index (χ2n) is 5.43. The van der Waals surface area contributed by atoms with Crippen molar-refractivity contribution in [3.05, 3.63) is 50.9 Å². The van der Waals surface area contributed by atoms with Crippen molar-refractivity contribution in [3.63, 3.8) is 0 Å². The number of aromatic nitrogens is 1. The molecule has 1 saturated heterocycles. The molecule has 3 rings (SSSR count). The molecule has 0 unspecified atom stereocenters. The van der Waals surface area contributed by atoms with Gasteiger partial charge in [0.2, 0.25) is 0 Å². The van der Waals surface area contributed by atoms with Crippen molar-refractivity contribution in [2.45, 2.75) is 13.5 Å². The largest absolute Gasteiger partial charge is 0.336 e. The molecule has 1 aromatic heterocycles. The van der Waals surface area contributed by atoms with E-state index >= 15 is 0 Å². The zero-order valence-corrected chi connectivity index (χ0v) is 14.0. The molecule has 0 bridgehead atoms. The summed E-state index contributed by atoms with van der Waals surface area (Å²) in [6.07, 6.45) is 0. The summed E-state index contributed by atoms with van der Waals surface area (Å²) in [6, 6.07) is 7.23. The van der Waals surface area contributed by atoms with Gasteiger partial charge in [-0.05, 0) is 19.1 Å². The van der Waals surface area contributed by atoms with Crippen molar-refractivity contribution in [1.82, 2.24) is 14.8 Å². The van der Waals surface area contributed by atoms with Gasteiger partial charge in [-0.1, -0.05) is 23.7 Å². The molecule has 2 aromatic rings. The highest BCUT2D eigenvalue weighted by atomic mass is 35.5. The van der Waals surface area contributed by atoms with E-state index in [1.54, 1.807) is 23.5 Å². The fourth-order valence-corrected chi connectivity index (χ4v) is 3.61. The topological polar surface area (TPSA) is 36.4 Å². The molecular weight excluding hydrogens is 318 g/mol. The Morgan fingerprint density at radius 2 is 2.00 bits per heavy atom. The molecule has 6 heteroatoms. The number of halogens is 1. The van der Waals surface area contributed by atoms with Gasteiger partial charge in [0.25, 0.3) is 5.91 Å². The Balaban J connectivity index is 1.57. The Bertz CT molecular complexity index is 665. The fraction of sp³-hybridized carbons (Fsp3) is 0.375. The number of rotatable bonds is 3. The van der Waals surface area contributed by atoms with Crippen LogP contribution in [-0.4, -0.2) is 46.9 Å². The molecule has 0 saturated carbocycles. The molecule has 4 nitrogen and oxygen atoms in total.